The molecule has 0 aliphatic carbocycles. The second kappa shape index (κ2) is 7.89. The largest absolute Gasteiger partial charge is 0.496 e. The van der Waals surface area contributed by atoms with Gasteiger partial charge in [0.2, 0.25) is 0 Å². The van der Waals surface area contributed by atoms with Gasteiger partial charge in [-0.1, -0.05) is 0 Å². The Kier molecular flexibility index (Phi) is 6.16. The van der Waals surface area contributed by atoms with Crippen LogP contribution in [-0.4, -0.2) is 26.4 Å². The number of hydrogen-bond donors (Lipinski definition) is 1. The molecule has 0 aliphatic rings. The molecule has 0 fully saturated rings. The summed E-state index contributed by atoms with van der Waals surface area (Å²) in [5.74, 6) is 0.824. The van der Waals surface area contributed by atoms with E-state index in [0.717, 1.165) is 13.6 Å². The average molecular weight is 402 g/mol. The lowest BCUT2D eigenvalue weighted by Gasteiger charge is -2.15. The van der Waals surface area contributed by atoms with Crippen molar-refractivity contribution in [1.82, 2.24) is 5.32 Å². The van der Waals surface area contributed by atoms with Crippen LogP contribution in [0.25, 0.3) is 0 Å². The molecule has 7 heteroatoms. The Bertz CT molecular complexity index is 673. The molecular weight excluding hydrogens is 386 g/mol. The molecule has 1 N–H and O–H groups in total. The lowest BCUT2D eigenvalue weighted by molar-refractivity contribution is 0.0944. The number of amides is 1. The summed E-state index contributed by atoms with van der Waals surface area (Å²) in [6.45, 7) is 0.463. The Morgan fingerprint density at radius 3 is 2.59 bits per heavy atom. The molecule has 1 aromatic carbocycles. The second-order valence-corrected chi connectivity index (χ2v) is 7.66. The number of rotatable bonds is 6. The Balaban J connectivity index is 2.27. The van der Waals surface area contributed by atoms with E-state index in [1.165, 1.54) is 11.8 Å². The fraction of sp³-hybridized carbons (Fsp3) is 0.267. The van der Waals surface area contributed by atoms with Crippen LogP contribution in [0.2, 0.25) is 0 Å². The summed E-state index contributed by atoms with van der Waals surface area (Å²) in [5.41, 5.74) is 0.424. The third kappa shape index (κ3) is 3.77. The molecule has 118 valence electrons. The van der Waals surface area contributed by atoms with Crippen LogP contribution < -0.4 is 14.8 Å². The van der Waals surface area contributed by atoms with Crippen LogP contribution in [0.3, 0.4) is 0 Å². The number of hydrogen-bond acceptors (Lipinski definition) is 5. The van der Waals surface area contributed by atoms with Gasteiger partial charge < -0.3 is 14.8 Å². The van der Waals surface area contributed by atoms with Crippen LogP contribution in [-0.2, 0) is 6.54 Å². The zero-order chi connectivity index (χ0) is 16.1. The highest BCUT2D eigenvalue weighted by Crippen LogP contribution is 2.37. The van der Waals surface area contributed by atoms with Crippen molar-refractivity contribution in [3.63, 3.8) is 0 Å². The summed E-state index contributed by atoms with van der Waals surface area (Å²) < 4.78 is 11.8. The molecule has 0 saturated heterocycles. The van der Waals surface area contributed by atoms with Gasteiger partial charge >= 0.3 is 0 Å². The minimum Gasteiger partial charge on any atom is -0.496 e. The summed E-state index contributed by atoms with van der Waals surface area (Å²) in [5, 5.41) is 2.91. The van der Waals surface area contributed by atoms with Gasteiger partial charge in [0.15, 0.2) is 0 Å². The number of carbonyl (C=O) groups is 1. The molecule has 22 heavy (non-hydrogen) atoms. The molecule has 2 aromatic rings. The number of benzene rings is 1. The van der Waals surface area contributed by atoms with Gasteiger partial charge in [0.1, 0.15) is 17.1 Å². The number of thiophene rings is 1. The van der Waals surface area contributed by atoms with Crippen molar-refractivity contribution in [2.45, 2.75) is 11.4 Å². The first-order valence-corrected chi connectivity index (χ1v) is 9.25. The molecule has 0 bridgehead atoms. The summed E-state index contributed by atoms with van der Waals surface area (Å²) >= 11 is 6.52. The minimum absolute atomic E-state index is 0.214. The van der Waals surface area contributed by atoms with Crippen molar-refractivity contribution in [3.8, 4) is 11.5 Å². The quantitative estimate of drug-likeness (QED) is 0.737. The molecule has 1 amide bonds. The van der Waals surface area contributed by atoms with E-state index in [1.807, 2.05) is 24.5 Å². The minimum atomic E-state index is -0.214. The lowest BCUT2D eigenvalue weighted by atomic mass is 10.1. The van der Waals surface area contributed by atoms with Gasteiger partial charge in [-0.05, 0) is 46.5 Å². The predicted octanol–water partition coefficient (Wildman–Crippen LogP) is 4.18. The lowest BCUT2D eigenvalue weighted by Crippen LogP contribution is -2.23. The van der Waals surface area contributed by atoms with Crippen molar-refractivity contribution in [3.05, 3.63) is 38.5 Å². The van der Waals surface area contributed by atoms with E-state index in [-0.39, 0.29) is 5.91 Å². The first-order chi connectivity index (χ1) is 10.6. The van der Waals surface area contributed by atoms with Crippen molar-refractivity contribution in [2.75, 3.05) is 20.5 Å². The van der Waals surface area contributed by atoms with Gasteiger partial charge in [-0.2, -0.15) is 0 Å². The van der Waals surface area contributed by atoms with Crippen molar-refractivity contribution in [1.29, 1.82) is 0 Å². The Labute approximate surface area is 146 Å². The Hall–Kier alpha value is -1.18. The van der Waals surface area contributed by atoms with Crippen molar-refractivity contribution < 1.29 is 14.3 Å². The number of nitrogens with one attached hydrogen (secondary N) is 1. The number of thioether (sulfide) groups is 1. The zero-order valence-electron chi connectivity index (χ0n) is 12.4. The Morgan fingerprint density at radius 2 is 2.05 bits per heavy atom. The smallest absolute Gasteiger partial charge is 0.259 e. The van der Waals surface area contributed by atoms with E-state index in [1.54, 1.807) is 31.6 Å². The van der Waals surface area contributed by atoms with Gasteiger partial charge in [-0.15, -0.1) is 23.1 Å². The SMILES string of the molecule is COc1ccc(SC)c(OC)c1C(=O)NCc1ccc(Br)s1. The highest BCUT2D eigenvalue weighted by molar-refractivity contribution is 9.11. The topological polar surface area (TPSA) is 47.6 Å². The van der Waals surface area contributed by atoms with Gasteiger partial charge in [0, 0.05) is 4.88 Å². The molecule has 0 saturated carbocycles. The standard InChI is InChI=1S/C15H16BrNO3S2/c1-19-10-5-6-11(21-3)14(20-2)13(10)15(18)17-8-9-4-7-12(16)22-9/h4-7H,8H2,1-3H3,(H,17,18). The number of methoxy groups -OCH3 is 2. The van der Waals surface area contributed by atoms with Gasteiger partial charge in [-0.25, -0.2) is 0 Å². The first kappa shape index (κ1) is 17.2. The fourth-order valence-electron chi connectivity index (χ4n) is 2.00. The summed E-state index contributed by atoms with van der Waals surface area (Å²) in [4.78, 5) is 14.5. The van der Waals surface area contributed by atoms with Gasteiger partial charge in [-0.3, -0.25) is 4.79 Å². The fourth-order valence-corrected chi connectivity index (χ4v) is 3.99. The number of halogens is 1. The summed E-state index contributed by atoms with van der Waals surface area (Å²) in [6, 6.07) is 7.60. The predicted molar refractivity (Wildman–Crippen MR) is 94.5 cm³/mol. The van der Waals surface area contributed by atoms with Gasteiger partial charge in [0.25, 0.3) is 5.91 Å². The van der Waals surface area contributed by atoms with Crippen LogP contribution in [0, 0.1) is 0 Å². The maximum absolute atomic E-state index is 12.6. The van der Waals surface area contributed by atoms with Crippen LogP contribution in [0.5, 0.6) is 11.5 Å². The van der Waals surface area contributed by atoms with E-state index in [4.69, 9.17) is 9.47 Å². The monoisotopic (exact) mass is 401 g/mol. The molecule has 2 rings (SSSR count). The van der Waals surface area contributed by atoms with Crippen LogP contribution in [0.4, 0.5) is 0 Å². The number of ether oxygens (including phenoxy) is 2. The van der Waals surface area contributed by atoms with E-state index in [9.17, 15) is 4.79 Å². The van der Waals surface area contributed by atoms with Crippen molar-refractivity contribution >= 4 is 44.9 Å². The first-order valence-electron chi connectivity index (χ1n) is 6.42. The van der Waals surface area contributed by atoms with Crippen molar-refractivity contribution in [2.24, 2.45) is 0 Å². The maximum atomic E-state index is 12.6. The molecular formula is C15H16BrNO3S2. The zero-order valence-corrected chi connectivity index (χ0v) is 15.7. The third-order valence-corrected chi connectivity index (χ3v) is 5.39. The molecule has 0 aliphatic heterocycles. The summed E-state index contributed by atoms with van der Waals surface area (Å²) in [7, 11) is 3.10. The van der Waals surface area contributed by atoms with E-state index < -0.39 is 0 Å². The number of carbonyl (C=O) groups excluding carboxylic acids is 1. The Morgan fingerprint density at radius 1 is 1.27 bits per heavy atom. The van der Waals surface area contributed by atoms with Crippen LogP contribution >= 0.6 is 39.0 Å². The van der Waals surface area contributed by atoms with E-state index >= 15 is 0 Å². The van der Waals surface area contributed by atoms with E-state index in [0.29, 0.717) is 23.6 Å². The highest BCUT2D eigenvalue weighted by atomic mass is 79.9. The normalized spacial score (nSPS) is 10.4. The average Bonchev–Trinajstić information content (AvgIpc) is 2.96. The highest BCUT2D eigenvalue weighted by Gasteiger charge is 2.21. The third-order valence-electron chi connectivity index (χ3n) is 3.01. The molecule has 1 heterocycles. The molecule has 0 unspecified atom stereocenters. The molecule has 0 radical (unpaired) electrons. The molecule has 0 atom stereocenters. The molecule has 4 nitrogen and oxygen atoms in total. The second-order valence-electron chi connectivity index (χ2n) is 4.27. The maximum Gasteiger partial charge on any atom is 0.259 e. The summed E-state index contributed by atoms with van der Waals surface area (Å²) in [6.07, 6.45) is 1.94. The van der Waals surface area contributed by atoms with Gasteiger partial charge in [0.05, 0.1) is 29.4 Å². The molecule has 1 aromatic heterocycles. The van der Waals surface area contributed by atoms with Crippen LogP contribution in [0.15, 0.2) is 32.9 Å². The van der Waals surface area contributed by atoms with Crippen LogP contribution in [0.1, 0.15) is 15.2 Å². The van der Waals surface area contributed by atoms with E-state index in [2.05, 4.69) is 21.2 Å². The molecule has 0 spiro atoms.